The molecule has 0 radical (unpaired) electrons. The van der Waals surface area contributed by atoms with Crippen molar-refractivity contribution >= 4 is 11.7 Å². The van der Waals surface area contributed by atoms with E-state index in [0.29, 0.717) is 6.54 Å². The molecule has 0 amide bonds. The summed E-state index contributed by atoms with van der Waals surface area (Å²) in [7, 11) is 0. The highest BCUT2D eigenvalue weighted by molar-refractivity contribution is 5.75. The van der Waals surface area contributed by atoms with Gasteiger partial charge in [0.05, 0.1) is 16.9 Å². The number of hydrogen-bond donors (Lipinski definition) is 1. The first kappa shape index (κ1) is 14.1. The molecule has 0 aliphatic heterocycles. The van der Waals surface area contributed by atoms with E-state index >= 15 is 0 Å². The molecule has 0 spiro atoms. The summed E-state index contributed by atoms with van der Waals surface area (Å²) in [5.74, 6) is -0.357. The highest BCUT2D eigenvalue weighted by atomic mass is 16.7. The van der Waals surface area contributed by atoms with Gasteiger partial charge in [-0.2, -0.15) is 0 Å². The Morgan fingerprint density at radius 1 is 1.33 bits per heavy atom. The first-order valence-corrected chi connectivity index (χ1v) is 5.48. The van der Waals surface area contributed by atoms with E-state index in [2.05, 4.69) is 5.48 Å². The standard InChI is InChI=1S/C12H16N2O4/c1-12(2,3)11(15)18-13-8-9-4-6-10(7-5-9)14(16)17/h4-7,13H,8H2,1-3H3. The number of carbonyl (C=O) groups excluding carboxylic acids is 1. The predicted molar refractivity (Wildman–Crippen MR) is 65.5 cm³/mol. The van der Waals surface area contributed by atoms with Gasteiger partial charge in [-0.3, -0.25) is 10.1 Å². The average molecular weight is 252 g/mol. The number of nitrogens with one attached hydrogen (secondary N) is 1. The van der Waals surface area contributed by atoms with Crippen LogP contribution in [0.15, 0.2) is 24.3 Å². The minimum Gasteiger partial charge on any atom is -0.370 e. The lowest BCUT2D eigenvalue weighted by atomic mass is 9.98. The highest BCUT2D eigenvalue weighted by Gasteiger charge is 2.23. The third kappa shape index (κ3) is 4.14. The molecule has 0 saturated carbocycles. The molecule has 1 N–H and O–H groups in total. The summed E-state index contributed by atoms with van der Waals surface area (Å²) >= 11 is 0. The number of carbonyl (C=O) groups is 1. The van der Waals surface area contributed by atoms with Gasteiger partial charge < -0.3 is 4.84 Å². The maximum absolute atomic E-state index is 11.4. The molecule has 0 fully saturated rings. The first-order chi connectivity index (χ1) is 8.30. The second kappa shape index (κ2) is 5.59. The number of hydrogen-bond acceptors (Lipinski definition) is 5. The lowest BCUT2D eigenvalue weighted by Gasteiger charge is -2.16. The first-order valence-electron chi connectivity index (χ1n) is 5.48. The fraction of sp³-hybridized carbons (Fsp3) is 0.417. The van der Waals surface area contributed by atoms with E-state index in [4.69, 9.17) is 4.84 Å². The van der Waals surface area contributed by atoms with Crippen LogP contribution in [0.2, 0.25) is 0 Å². The summed E-state index contributed by atoms with van der Waals surface area (Å²) < 4.78 is 0. The summed E-state index contributed by atoms with van der Waals surface area (Å²) in [5, 5.41) is 10.4. The van der Waals surface area contributed by atoms with Crippen LogP contribution in [0.4, 0.5) is 5.69 Å². The van der Waals surface area contributed by atoms with Crippen LogP contribution >= 0.6 is 0 Å². The van der Waals surface area contributed by atoms with Gasteiger partial charge in [-0.25, -0.2) is 4.79 Å². The van der Waals surface area contributed by atoms with Crippen molar-refractivity contribution in [3.05, 3.63) is 39.9 Å². The van der Waals surface area contributed by atoms with Gasteiger partial charge in [0, 0.05) is 12.1 Å². The Morgan fingerprint density at radius 3 is 2.33 bits per heavy atom. The lowest BCUT2D eigenvalue weighted by molar-refractivity contribution is -0.384. The van der Waals surface area contributed by atoms with Crippen molar-refractivity contribution in [2.75, 3.05) is 0 Å². The molecule has 1 aromatic carbocycles. The van der Waals surface area contributed by atoms with Crippen LogP contribution in [0, 0.1) is 15.5 Å². The zero-order valence-corrected chi connectivity index (χ0v) is 10.6. The quantitative estimate of drug-likeness (QED) is 0.656. The van der Waals surface area contributed by atoms with Gasteiger partial charge >= 0.3 is 5.97 Å². The van der Waals surface area contributed by atoms with Gasteiger partial charge in [-0.1, -0.05) is 12.1 Å². The van der Waals surface area contributed by atoms with E-state index in [1.54, 1.807) is 32.9 Å². The van der Waals surface area contributed by atoms with Crippen molar-refractivity contribution in [3.63, 3.8) is 0 Å². The van der Waals surface area contributed by atoms with Crippen LogP contribution in [0.5, 0.6) is 0 Å². The predicted octanol–water partition coefficient (Wildman–Crippen LogP) is 2.19. The molecule has 0 unspecified atom stereocenters. The van der Waals surface area contributed by atoms with Crippen LogP contribution in [0.1, 0.15) is 26.3 Å². The highest BCUT2D eigenvalue weighted by Crippen LogP contribution is 2.15. The topological polar surface area (TPSA) is 81.5 Å². The number of hydroxylamine groups is 1. The van der Waals surface area contributed by atoms with Crippen molar-refractivity contribution in [2.45, 2.75) is 27.3 Å². The van der Waals surface area contributed by atoms with Gasteiger partial charge in [-0.05, 0) is 26.3 Å². The number of nitro benzene ring substituents is 1. The van der Waals surface area contributed by atoms with Gasteiger partial charge in [0.1, 0.15) is 0 Å². The molecule has 18 heavy (non-hydrogen) atoms. The molecule has 1 rings (SSSR count). The Balaban J connectivity index is 2.45. The smallest absolute Gasteiger partial charge is 0.329 e. The van der Waals surface area contributed by atoms with Crippen molar-refractivity contribution < 1.29 is 14.6 Å². The molecular weight excluding hydrogens is 236 g/mol. The second-order valence-electron chi connectivity index (χ2n) is 4.88. The van der Waals surface area contributed by atoms with E-state index in [0.717, 1.165) is 5.56 Å². The summed E-state index contributed by atoms with van der Waals surface area (Å²) in [4.78, 5) is 26.3. The van der Waals surface area contributed by atoms with Crippen molar-refractivity contribution in [3.8, 4) is 0 Å². The second-order valence-corrected chi connectivity index (χ2v) is 4.88. The number of nitro groups is 1. The molecule has 0 atom stereocenters. The van der Waals surface area contributed by atoms with E-state index in [-0.39, 0.29) is 11.7 Å². The van der Waals surface area contributed by atoms with Crippen molar-refractivity contribution in [1.82, 2.24) is 5.48 Å². The number of non-ortho nitro benzene ring substituents is 1. The van der Waals surface area contributed by atoms with Crippen LogP contribution < -0.4 is 5.48 Å². The van der Waals surface area contributed by atoms with Crippen molar-refractivity contribution in [1.29, 1.82) is 0 Å². The zero-order valence-electron chi connectivity index (χ0n) is 10.6. The average Bonchev–Trinajstić information content (AvgIpc) is 2.28. The van der Waals surface area contributed by atoms with Crippen LogP contribution in [-0.4, -0.2) is 10.9 Å². The molecule has 6 nitrogen and oxygen atoms in total. The normalized spacial score (nSPS) is 11.1. The molecule has 6 heteroatoms. The van der Waals surface area contributed by atoms with Gasteiger partial charge in [-0.15, -0.1) is 5.48 Å². The molecule has 0 aromatic heterocycles. The lowest BCUT2D eigenvalue weighted by Crippen LogP contribution is -2.29. The summed E-state index contributed by atoms with van der Waals surface area (Å²) in [5.41, 5.74) is 2.80. The number of benzene rings is 1. The molecule has 1 aromatic rings. The Labute approximate surface area is 105 Å². The number of nitrogens with zero attached hydrogens (tertiary/aromatic N) is 1. The summed E-state index contributed by atoms with van der Waals surface area (Å²) in [6, 6.07) is 6.03. The minimum atomic E-state index is -0.567. The monoisotopic (exact) mass is 252 g/mol. The van der Waals surface area contributed by atoms with E-state index in [1.807, 2.05) is 0 Å². The molecule has 98 valence electrons. The Morgan fingerprint density at radius 2 is 1.89 bits per heavy atom. The molecule has 0 bridgehead atoms. The molecule has 0 aliphatic rings. The van der Waals surface area contributed by atoms with Gasteiger partial charge in [0.25, 0.3) is 5.69 Å². The summed E-state index contributed by atoms with van der Waals surface area (Å²) in [6.45, 7) is 5.56. The van der Waals surface area contributed by atoms with E-state index < -0.39 is 10.3 Å². The van der Waals surface area contributed by atoms with Crippen LogP contribution in [-0.2, 0) is 16.2 Å². The largest absolute Gasteiger partial charge is 0.370 e. The molecule has 0 heterocycles. The summed E-state index contributed by atoms with van der Waals surface area (Å²) in [6.07, 6.45) is 0. The Kier molecular flexibility index (Phi) is 4.38. The fourth-order valence-corrected chi connectivity index (χ4v) is 1.07. The third-order valence-electron chi connectivity index (χ3n) is 2.20. The molecule has 0 aliphatic carbocycles. The van der Waals surface area contributed by atoms with Crippen LogP contribution in [0.3, 0.4) is 0 Å². The van der Waals surface area contributed by atoms with Gasteiger partial charge in [0.15, 0.2) is 0 Å². The molecular formula is C12H16N2O4. The van der Waals surface area contributed by atoms with Gasteiger partial charge in [0.2, 0.25) is 0 Å². The maximum atomic E-state index is 11.4. The molecule has 0 saturated heterocycles. The third-order valence-corrected chi connectivity index (χ3v) is 2.20. The van der Waals surface area contributed by atoms with E-state index in [1.165, 1.54) is 12.1 Å². The number of rotatable bonds is 4. The van der Waals surface area contributed by atoms with Crippen LogP contribution in [0.25, 0.3) is 0 Å². The maximum Gasteiger partial charge on any atom is 0.329 e. The Bertz CT molecular complexity index is 434. The fourth-order valence-electron chi connectivity index (χ4n) is 1.07. The van der Waals surface area contributed by atoms with E-state index in [9.17, 15) is 14.9 Å². The minimum absolute atomic E-state index is 0.0328. The Hall–Kier alpha value is -1.95. The van der Waals surface area contributed by atoms with Crippen molar-refractivity contribution in [2.24, 2.45) is 5.41 Å². The SMILES string of the molecule is CC(C)(C)C(=O)ONCc1ccc([N+](=O)[O-])cc1. The zero-order chi connectivity index (χ0) is 13.8.